The van der Waals surface area contributed by atoms with Gasteiger partial charge in [-0.15, -0.1) is 11.3 Å². The fourth-order valence-corrected chi connectivity index (χ4v) is 4.44. The number of nitrogens with one attached hydrogen (secondary N) is 1. The lowest BCUT2D eigenvalue weighted by atomic mass is 10.1. The molecule has 0 bridgehead atoms. The molecule has 3 aromatic rings. The zero-order valence-electron chi connectivity index (χ0n) is 16.4. The predicted molar refractivity (Wildman–Crippen MR) is 111 cm³/mol. The summed E-state index contributed by atoms with van der Waals surface area (Å²) < 4.78 is 10.7. The Morgan fingerprint density at radius 1 is 1.17 bits per heavy atom. The average Bonchev–Trinajstić information content (AvgIpc) is 3.48. The first-order valence-corrected chi connectivity index (χ1v) is 10.5. The van der Waals surface area contributed by atoms with Gasteiger partial charge in [0, 0.05) is 24.5 Å². The van der Waals surface area contributed by atoms with Crippen LogP contribution in [0.4, 0.5) is 0 Å². The lowest BCUT2D eigenvalue weighted by Gasteiger charge is -2.34. The smallest absolute Gasteiger partial charge is 0.274 e. The second-order valence-corrected chi connectivity index (χ2v) is 8.59. The van der Waals surface area contributed by atoms with Crippen LogP contribution in [0.3, 0.4) is 0 Å². The molecule has 1 fully saturated rings. The number of aryl methyl sites for hydroxylation is 1. The summed E-state index contributed by atoms with van der Waals surface area (Å²) >= 11 is 1.64. The van der Waals surface area contributed by atoms with E-state index in [4.69, 9.17) is 9.47 Å². The lowest BCUT2D eigenvalue weighted by molar-refractivity contribution is -0.135. The van der Waals surface area contributed by atoms with Crippen LogP contribution in [-0.2, 0) is 11.3 Å². The molecule has 0 saturated carbocycles. The predicted octanol–water partition coefficient (Wildman–Crippen LogP) is 2.66. The van der Waals surface area contributed by atoms with Gasteiger partial charge in [-0.25, -0.2) is 0 Å². The minimum absolute atomic E-state index is 0.0453. The van der Waals surface area contributed by atoms with Crippen molar-refractivity contribution in [2.75, 3.05) is 26.4 Å². The van der Waals surface area contributed by atoms with E-state index >= 15 is 0 Å². The molecule has 0 aliphatic carbocycles. The Bertz CT molecular complexity index is 1120. The summed E-state index contributed by atoms with van der Waals surface area (Å²) in [6.45, 7) is 3.71. The third-order valence-corrected chi connectivity index (χ3v) is 6.25. The van der Waals surface area contributed by atoms with E-state index in [1.54, 1.807) is 27.2 Å². The summed E-state index contributed by atoms with van der Waals surface area (Å²) in [7, 11) is 0. The van der Waals surface area contributed by atoms with Gasteiger partial charge in [0.25, 0.3) is 5.91 Å². The third-order valence-electron chi connectivity index (χ3n) is 5.22. The van der Waals surface area contributed by atoms with Gasteiger partial charge in [-0.05, 0) is 42.8 Å². The Balaban J connectivity index is 1.23. The molecule has 2 aromatic heterocycles. The topological polar surface area (TPSA) is 87.8 Å². The molecule has 0 atom stereocenters. The first-order chi connectivity index (χ1) is 14.6. The van der Waals surface area contributed by atoms with Crippen LogP contribution >= 0.6 is 11.3 Å². The van der Waals surface area contributed by atoms with Crippen molar-refractivity contribution in [2.24, 2.45) is 0 Å². The number of ether oxygens (including phenoxy) is 2. The number of hydrogen-bond acceptors (Lipinski definition) is 6. The van der Waals surface area contributed by atoms with Gasteiger partial charge in [0.05, 0.1) is 10.6 Å². The van der Waals surface area contributed by atoms with Crippen molar-refractivity contribution < 1.29 is 19.1 Å². The Labute approximate surface area is 177 Å². The van der Waals surface area contributed by atoms with Crippen LogP contribution in [0.1, 0.15) is 20.9 Å². The molecule has 0 spiro atoms. The number of carbonyl (C=O) groups excluding carboxylic acids is 2. The van der Waals surface area contributed by atoms with E-state index in [1.807, 2.05) is 37.3 Å². The van der Waals surface area contributed by atoms with Crippen molar-refractivity contribution in [1.82, 2.24) is 20.0 Å². The van der Waals surface area contributed by atoms with Gasteiger partial charge < -0.3 is 19.3 Å². The third kappa shape index (κ3) is 3.52. The highest BCUT2D eigenvalue weighted by Crippen LogP contribution is 2.33. The maximum atomic E-state index is 12.8. The van der Waals surface area contributed by atoms with E-state index in [9.17, 15) is 9.59 Å². The number of thiophene rings is 1. The Hall–Kier alpha value is -3.33. The van der Waals surface area contributed by atoms with Gasteiger partial charge in [0.2, 0.25) is 12.7 Å². The van der Waals surface area contributed by atoms with Crippen molar-refractivity contribution >= 4 is 23.2 Å². The quantitative estimate of drug-likeness (QED) is 0.696. The zero-order valence-corrected chi connectivity index (χ0v) is 17.2. The maximum absolute atomic E-state index is 12.8. The molecule has 154 valence electrons. The number of benzene rings is 1. The molecule has 2 amide bonds. The second-order valence-electron chi connectivity index (χ2n) is 7.31. The van der Waals surface area contributed by atoms with Crippen LogP contribution in [0.2, 0.25) is 0 Å². The lowest BCUT2D eigenvalue weighted by Crippen LogP contribution is -2.51. The fourth-order valence-electron chi connectivity index (χ4n) is 3.61. The Kier molecular flexibility index (Phi) is 4.66. The summed E-state index contributed by atoms with van der Waals surface area (Å²) in [5.41, 5.74) is 2.10. The summed E-state index contributed by atoms with van der Waals surface area (Å²) in [6.07, 6.45) is 0. The van der Waals surface area contributed by atoms with Gasteiger partial charge in [0.15, 0.2) is 17.2 Å². The number of rotatable bonds is 4. The van der Waals surface area contributed by atoms with Crippen molar-refractivity contribution in [1.29, 1.82) is 0 Å². The number of hydrogen-bond donors (Lipinski definition) is 1. The number of H-pyrrole nitrogens is 1. The molecule has 9 heteroatoms. The SMILES string of the molecule is Cc1ccc(-c2cc(C(=O)N3CCN(Cc4ccc5c(c4)OCO5)C(=O)C3)n[nH]2)s1. The van der Waals surface area contributed by atoms with Crippen molar-refractivity contribution in [3.63, 3.8) is 0 Å². The van der Waals surface area contributed by atoms with Gasteiger partial charge in [-0.1, -0.05) is 6.07 Å². The van der Waals surface area contributed by atoms with E-state index in [0.717, 1.165) is 21.9 Å². The zero-order chi connectivity index (χ0) is 20.7. The van der Waals surface area contributed by atoms with Crippen molar-refractivity contribution in [3.8, 4) is 22.1 Å². The minimum Gasteiger partial charge on any atom is -0.454 e. The Morgan fingerprint density at radius 2 is 2.03 bits per heavy atom. The molecule has 1 N–H and O–H groups in total. The summed E-state index contributed by atoms with van der Waals surface area (Å²) in [5.74, 6) is 1.10. The van der Waals surface area contributed by atoms with Crippen LogP contribution in [0.15, 0.2) is 36.4 Å². The summed E-state index contributed by atoms with van der Waals surface area (Å²) in [4.78, 5) is 31.0. The number of carbonyl (C=O) groups is 2. The normalized spacial score (nSPS) is 15.7. The van der Waals surface area contributed by atoms with Crippen LogP contribution in [0.5, 0.6) is 11.5 Å². The molecule has 1 aromatic carbocycles. The van der Waals surface area contributed by atoms with Crippen LogP contribution in [0.25, 0.3) is 10.6 Å². The fraction of sp³-hybridized carbons (Fsp3) is 0.286. The summed E-state index contributed by atoms with van der Waals surface area (Å²) in [6, 6.07) is 11.4. The summed E-state index contributed by atoms with van der Waals surface area (Å²) in [5, 5.41) is 7.09. The van der Waals surface area contributed by atoms with E-state index in [-0.39, 0.29) is 25.2 Å². The highest BCUT2D eigenvalue weighted by atomic mass is 32.1. The first-order valence-electron chi connectivity index (χ1n) is 9.64. The van der Waals surface area contributed by atoms with E-state index in [2.05, 4.69) is 10.2 Å². The Morgan fingerprint density at radius 3 is 2.83 bits per heavy atom. The van der Waals surface area contributed by atoms with Gasteiger partial charge in [0.1, 0.15) is 6.54 Å². The average molecular weight is 424 g/mol. The molecule has 30 heavy (non-hydrogen) atoms. The number of amides is 2. The molecular weight excluding hydrogens is 404 g/mol. The van der Waals surface area contributed by atoms with Crippen LogP contribution in [-0.4, -0.2) is 58.2 Å². The number of aromatic amines is 1. The molecule has 0 radical (unpaired) electrons. The minimum atomic E-state index is -0.234. The first kappa shape index (κ1) is 18.7. The van der Waals surface area contributed by atoms with Gasteiger partial charge in [-0.3, -0.25) is 14.7 Å². The van der Waals surface area contributed by atoms with E-state index in [1.165, 1.54) is 4.88 Å². The standard InChI is InChI=1S/C21H20N4O4S/c1-13-2-5-19(30-13)15-9-16(23-22-15)21(27)25-7-6-24(20(26)11-25)10-14-3-4-17-18(8-14)29-12-28-17/h2-5,8-9H,6-7,10-12H2,1H3,(H,22,23). The highest BCUT2D eigenvalue weighted by molar-refractivity contribution is 7.15. The van der Waals surface area contributed by atoms with E-state index in [0.29, 0.717) is 31.1 Å². The molecule has 5 rings (SSSR count). The largest absolute Gasteiger partial charge is 0.454 e. The van der Waals surface area contributed by atoms with E-state index < -0.39 is 0 Å². The number of piperazine rings is 1. The highest BCUT2D eigenvalue weighted by Gasteiger charge is 2.29. The molecule has 2 aliphatic rings. The second kappa shape index (κ2) is 7.49. The van der Waals surface area contributed by atoms with Crippen molar-refractivity contribution in [3.05, 3.63) is 52.5 Å². The molecular formula is C21H20N4O4S. The molecule has 1 saturated heterocycles. The number of fused-ring (bicyclic) bond motifs is 1. The van der Waals surface area contributed by atoms with Crippen LogP contribution in [0, 0.1) is 6.92 Å². The monoisotopic (exact) mass is 424 g/mol. The van der Waals surface area contributed by atoms with Crippen molar-refractivity contribution in [2.45, 2.75) is 13.5 Å². The molecule has 2 aliphatic heterocycles. The number of aromatic nitrogens is 2. The van der Waals surface area contributed by atoms with Gasteiger partial charge >= 0.3 is 0 Å². The molecule has 0 unspecified atom stereocenters. The molecule has 8 nitrogen and oxygen atoms in total. The number of nitrogens with zero attached hydrogens (tertiary/aromatic N) is 3. The molecule has 4 heterocycles. The maximum Gasteiger partial charge on any atom is 0.274 e. The van der Waals surface area contributed by atoms with Crippen LogP contribution < -0.4 is 9.47 Å². The van der Waals surface area contributed by atoms with Gasteiger partial charge in [-0.2, -0.15) is 5.10 Å².